The van der Waals surface area contributed by atoms with Gasteiger partial charge in [0.25, 0.3) is 0 Å². The lowest BCUT2D eigenvalue weighted by Gasteiger charge is -2.14. The van der Waals surface area contributed by atoms with Crippen LogP contribution in [0.15, 0.2) is 35.4 Å². The van der Waals surface area contributed by atoms with E-state index in [4.69, 9.17) is 9.72 Å². The Morgan fingerprint density at radius 1 is 1.33 bits per heavy atom. The Labute approximate surface area is 131 Å². The van der Waals surface area contributed by atoms with Crippen LogP contribution in [0.2, 0.25) is 0 Å². The molecule has 0 saturated carbocycles. The van der Waals surface area contributed by atoms with E-state index in [9.17, 15) is 0 Å². The molecule has 1 unspecified atom stereocenters. The third-order valence-electron chi connectivity index (χ3n) is 3.45. The molecule has 0 aliphatic rings. The van der Waals surface area contributed by atoms with Crippen LogP contribution >= 0.6 is 11.8 Å². The van der Waals surface area contributed by atoms with Crippen molar-refractivity contribution in [3.8, 4) is 0 Å². The molecule has 21 heavy (non-hydrogen) atoms. The van der Waals surface area contributed by atoms with Crippen LogP contribution in [0.1, 0.15) is 25.8 Å². The summed E-state index contributed by atoms with van der Waals surface area (Å²) in [5.74, 6) is 0. The lowest BCUT2D eigenvalue weighted by atomic mass is 10.1. The number of thioether (sulfide) groups is 1. The van der Waals surface area contributed by atoms with Crippen LogP contribution < -0.4 is 5.32 Å². The van der Waals surface area contributed by atoms with Gasteiger partial charge in [0.15, 0.2) is 0 Å². The van der Waals surface area contributed by atoms with Crippen LogP contribution in [0.5, 0.6) is 0 Å². The molecule has 0 aliphatic heterocycles. The molecule has 2 aromatic rings. The molecule has 114 valence electrons. The fourth-order valence-corrected chi connectivity index (χ4v) is 3.02. The van der Waals surface area contributed by atoms with Crippen LogP contribution in [0.3, 0.4) is 0 Å². The van der Waals surface area contributed by atoms with Crippen LogP contribution in [0, 0.1) is 0 Å². The number of aromatic nitrogens is 1. The molecule has 1 aromatic heterocycles. The summed E-state index contributed by atoms with van der Waals surface area (Å²) >= 11 is 1.87. The average Bonchev–Trinajstić information content (AvgIpc) is 2.51. The molecule has 0 bridgehead atoms. The number of hydrogen-bond acceptors (Lipinski definition) is 4. The van der Waals surface area contributed by atoms with Crippen molar-refractivity contribution in [3.05, 3.63) is 35.9 Å². The molecule has 1 N–H and O–H groups in total. The molecule has 4 heteroatoms. The predicted molar refractivity (Wildman–Crippen MR) is 90.9 cm³/mol. The van der Waals surface area contributed by atoms with Crippen molar-refractivity contribution >= 4 is 22.7 Å². The van der Waals surface area contributed by atoms with E-state index < -0.39 is 0 Å². The highest BCUT2D eigenvalue weighted by atomic mass is 32.2. The smallest absolute Gasteiger partial charge is 0.101 e. The number of pyridine rings is 1. The molecule has 3 nitrogen and oxygen atoms in total. The fourth-order valence-electron chi connectivity index (χ4n) is 2.04. The Hall–Kier alpha value is -1.10. The van der Waals surface area contributed by atoms with E-state index in [2.05, 4.69) is 43.4 Å². The van der Waals surface area contributed by atoms with Crippen LogP contribution in [0.25, 0.3) is 10.9 Å². The van der Waals surface area contributed by atoms with Gasteiger partial charge in [-0.3, -0.25) is 0 Å². The summed E-state index contributed by atoms with van der Waals surface area (Å²) < 4.78 is 5.08. The van der Waals surface area contributed by atoms with Crippen molar-refractivity contribution in [2.45, 2.75) is 37.1 Å². The summed E-state index contributed by atoms with van der Waals surface area (Å²) in [5, 5.41) is 6.35. The lowest BCUT2D eigenvalue weighted by Crippen LogP contribution is -2.19. The van der Waals surface area contributed by atoms with E-state index in [1.54, 1.807) is 7.11 Å². The molecule has 0 saturated heterocycles. The molecule has 0 aliphatic carbocycles. The maximum absolute atomic E-state index is 5.08. The SMILES string of the molecule is CCC(C)Sc1nc2ccccc2cc1CNCCOC. The Bertz CT molecular complexity index is 574. The molecule has 1 atom stereocenters. The van der Waals surface area contributed by atoms with Crippen molar-refractivity contribution in [1.82, 2.24) is 10.3 Å². The van der Waals surface area contributed by atoms with Gasteiger partial charge in [-0.05, 0) is 24.1 Å². The topological polar surface area (TPSA) is 34.2 Å². The highest BCUT2D eigenvalue weighted by molar-refractivity contribution is 7.99. The number of nitrogens with one attached hydrogen (secondary N) is 1. The van der Waals surface area contributed by atoms with E-state index in [-0.39, 0.29) is 0 Å². The van der Waals surface area contributed by atoms with Crippen molar-refractivity contribution in [1.29, 1.82) is 0 Å². The first kappa shape index (κ1) is 16.3. The summed E-state index contributed by atoms with van der Waals surface area (Å²) in [6.45, 7) is 6.89. The van der Waals surface area contributed by atoms with Gasteiger partial charge in [0.1, 0.15) is 5.03 Å². The zero-order valence-corrected chi connectivity index (χ0v) is 13.9. The van der Waals surface area contributed by atoms with Gasteiger partial charge >= 0.3 is 0 Å². The van der Waals surface area contributed by atoms with Crippen molar-refractivity contribution < 1.29 is 4.74 Å². The number of nitrogens with zero attached hydrogens (tertiary/aromatic N) is 1. The number of methoxy groups -OCH3 is 1. The van der Waals surface area contributed by atoms with Gasteiger partial charge < -0.3 is 10.1 Å². The van der Waals surface area contributed by atoms with Gasteiger partial charge in [0.05, 0.1) is 12.1 Å². The molecule has 2 rings (SSSR count). The molecule has 0 radical (unpaired) electrons. The fraction of sp³-hybridized carbons (Fsp3) is 0.471. The van der Waals surface area contributed by atoms with Crippen molar-refractivity contribution in [2.75, 3.05) is 20.3 Å². The maximum Gasteiger partial charge on any atom is 0.101 e. The Balaban J connectivity index is 2.23. The van der Waals surface area contributed by atoms with Crippen molar-refractivity contribution in [3.63, 3.8) is 0 Å². The predicted octanol–water partition coefficient (Wildman–Crippen LogP) is 3.86. The lowest BCUT2D eigenvalue weighted by molar-refractivity contribution is 0.199. The zero-order valence-electron chi connectivity index (χ0n) is 13.1. The number of rotatable bonds is 8. The largest absolute Gasteiger partial charge is 0.383 e. The standard InChI is InChI=1S/C17H24N2OS/c1-4-13(2)21-17-15(12-18-9-10-20-3)11-14-7-5-6-8-16(14)19-17/h5-8,11,13,18H,4,9-10,12H2,1-3H3. The molecule has 0 spiro atoms. The number of benzene rings is 1. The van der Waals surface area contributed by atoms with Crippen molar-refractivity contribution in [2.24, 2.45) is 0 Å². The summed E-state index contributed by atoms with van der Waals surface area (Å²) in [7, 11) is 1.73. The van der Waals surface area contributed by atoms with Gasteiger partial charge in [-0.1, -0.05) is 32.0 Å². The number of para-hydroxylation sites is 1. The Morgan fingerprint density at radius 3 is 2.90 bits per heavy atom. The van der Waals surface area contributed by atoms with E-state index in [1.165, 1.54) is 10.9 Å². The molecule has 0 amide bonds. The van der Waals surface area contributed by atoms with E-state index >= 15 is 0 Å². The van der Waals surface area contributed by atoms with Crippen LogP contribution in [0.4, 0.5) is 0 Å². The first-order chi connectivity index (χ1) is 10.2. The highest BCUT2D eigenvalue weighted by Gasteiger charge is 2.10. The molecular weight excluding hydrogens is 280 g/mol. The number of fused-ring (bicyclic) bond motifs is 1. The third kappa shape index (κ3) is 4.70. The quantitative estimate of drug-likeness (QED) is 0.593. The second-order valence-electron chi connectivity index (χ2n) is 5.15. The first-order valence-corrected chi connectivity index (χ1v) is 8.37. The van der Waals surface area contributed by atoms with E-state index in [0.29, 0.717) is 5.25 Å². The summed E-state index contributed by atoms with van der Waals surface area (Å²) in [6.07, 6.45) is 1.15. The van der Waals surface area contributed by atoms with E-state index in [1.807, 2.05) is 17.8 Å². The number of hydrogen-bond donors (Lipinski definition) is 1. The first-order valence-electron chi connectivity index (χ1n) is 7.49. The number of ether oxygens (including phenoxy) is 1. The Kier molecular flexibility index (Phi) is 6.49. The summed E-state index contributed by atoms with van der Waals surface area (Å²) in [6, 6.07) is 10.6. The second-order valence-corrected chi connectivity index (χ2v) is 6.58. The third-order valence-corrected chi connectivity index (χ3v) is 4.76. The average molecular weight is 304 g/mol. The maximum atomic E-state index is 5.08. The van der Waals surface area contributed by atoms with Gasteiger partial charge in [0.2, 0.25) is 0 Å². The summed E-state index contributed by atoms with van der Waals surface area (Å²) in [4.78, 5) is 4.85. The minimum atomic E-state index is 0.580. The molecule has 0 fully saturated rings. The minimum absolute atomic E-state index is 0.580. The monoisotopic (exact) mass is 304 g/mol. The minimum Gasteiger partial charge on any atom is -0.383 e. The normalized spacial score (nSPS) is 12.7. The molecular formula is C17H24N2OS. The van der Waals surface area contributed by atoms with Gasteiger partial charge in [-0.25, -0.2) is 4.98 Å². The van der Waals surface area contributed by atoms with Gasteiger partial charge in [-0.15, -0.1) is 11.8 Å². The second kappa shape index (κ2) is 8.37. The zero-order chi connectivity index (χ0) is 15.1. The molecule has 1 heterocycles. The van der Waals surface area contributed by atoms with Crippen LogP contribution in [-0.4, -0.2) is 30.5 Å². The van der Waals surface area contributed by atoms with Crippen LogP contribution in [-0.2, 0) is 11.3 Å². The highest BCUT2D eigenvalue weighted by Crippen LogP contribution is 2.29. The Morgan fingerprint density at radius 2 is 2.14 bits per heavy atom. The van der Waals surface area contributed by atoms with Gasteiger partial charge in [-0.2, -0.15) is 0 Å². The summed E-state index contributed by atoms with van der Waals surface area (Å²) in [5.41, 5.74) is 2.35. The van der Waals surface area contributed by atoms with Gasteiger partial charge in [0, 0.05) is 30.8 Å². The van der Waals surface area contributed by atoms with E-state index in [0.717, 1.165) is 36.7 Å². The molecule has 1 aromatic carbocycles.